The number of methoxy groups -OCH3 is 1. The number of anilines is 1. The number of nitrogens with zero attached hydrogens (tertiary/aromatic N) is 6. The molecule has 3 aromatic carbocycles. The van der Waals surface area contributed by atoms with Crippen LogP contribution in [-0.2, 0) is 16.6 Å². The van der Waals surface area contributed by atoms with Crippen molar-refractivity contribution in [3.63, 3.8) is 0 Å². The number of carbonyl (C=O) groups excluding carboxylic acids is 2. The summed E-state index contributed by atoms with van der Waals surface area (Å²) in [7, 11) is 3.14. The number of carbonyl (C=O) groups is 2. The van der Waals surface area contributed by atoms with Crippen molar-refractivity contribution in [2.24, 2.45) is 12.5 Å². The highest BCUT2D eigenvalue weighted by Crippen LogP contribution is 2.43. The largest absolute Gasteiger partial charge is 0.495 e. The summed E-state index contributed by atoms with van der Waals surface area (Å²) in [6.45, 7) is 3.38. The highest BCUT2D eigenvalue weighted by molar-refractivity contribution is 6.03. The van der Waals surface area contributed by atoms with E-state index in [1.54, 1.807) is 14.2 Å². The maximum Gasteiger partial charge on any atom is 0.437 e. The van der Waals surface area contributed by atoms with E-state index in [4.69, 9.17) is 15.6 Å². The van der Waals surface area contributed by atoms with Crippen molar-refractivity contribution >= 4 is 34.0 Å². The zero-order chi connectivity index (χ0) is 35.3. The van der Waals surface area contributed by atoms with E-state index in [9.17, 15) is 14.4 Å². The van der Waals surface area contributed by atoms with Crippen LogP contribution in [0.4, 0.5) is 5.69 Å². The van der Waals surface area contributed by atoms with Crippen LogP contribution in [0, 0.1) is 17.8 Å². The van der Waals surface area contributed by atoms with Crippen LogP contribution in [0.5, 0.6) is 5.75 Å². The highest BCUT2D eigenvalue weighted by Gasteiger charge is 2.51. The van der Waals surface area contributed by atoms with Crippen LogP contribution in [0.2, 0.25) is 0 Å². The number of hydrogen-bond acceptors (Lipinski definition) is 8. The van der Waals surface area contributed by atoms with Crippen molar-refractivity contribution in [2.45, 2.75) is 19.3 Å². The summed E-state index contributed by atoms with van der Waals surface area (Å²) in [5.41, 5.74) is 6.48. The summed E-state index contributed by atoms with van der Waals surface area (Å²) < 4.78 is 11.8. The fourth-order valence-corrected chi connectivity index (χ4v) is 7.63. The molecule has 1 atom stereocenters. The predicted molar refractivity (Wildman–Crippen MR) is 193 cm³/mol. The van der Waals surface area contributed by atoms with E-state index >= 15 is 0 Å². The fourth-order valence-electron chi connectivity index (χ4n) is 7.63. The third kappa shape index (κ3) is 5.79. The highest BCUT2D eigenvalue weighted by atomic mass is 16.5. The number of nitrogens with one attached hydrogen (secondary N) is 1. The predicted octanol–water partition coefficient (Wildman–Crippen LogP) is 4.32. The lowest BCUT2D eigenvalue weighted by atomic mass is 9.85. The standard InChI is InChI=1S/C39H37N7O5/c1-4-25-5-10-29(21-33(25)50-3)35-31-22-30(11-12-32(31)40-41-35)46-20-16-39(37(46)48)15-19-44(24-39)23-34(47)45-17-13-27(14-18-45)26-6-8-28(9-7-26)36-42-43(2)38(49)51-36/h1,5-13,21-22H,14-20,23-24H2,2-3H3,(H,40,41)/t39-/m0/s1. The average molecular weight is 684 g/mol. The number of aromatic amines is 1. The van der Waals surface area contributed by atoms with E-state index in [2.05, 4.69) is 32.2 Å². The molecule has 5 aromatic rings. The van der Waals surface area contributed by atoms with Crippen LogP contribution in [0.25, 0.3) is 39.2 Å². The Bertz CT molecular complexity index is 2310. The van der Waals surface area contributed by atoms with Crippen LogP contribution in [-0.4, -0.2) is 88.0 Å². The van der Waals surface area contributed by atoms with Crippen molar-refractivity contribution in [1.82, 2.24) is 29.8 Å². The third-order valence-corrected chi connectivity index (χ3v) is 10.5. The number of H-pyrrole nitrogens is 1. The maximum absolute atomic E-state index is 14.0. The zero-order valence-electron chi connectivity index (χ0n) is 28.5. The molecule has 12 heteroatoms. The lowest BCUT2D eigenvalue weighted by molar-refractivity contribution is -0.132. The van der Waals surface area contributed by atoms with Gasteiger partial charge in [-0.2, -0.15) is 9.78 Å². The van der Waals surface area contributed by atoms with E-state index in [1.165, 1.54) is 10.3 Å². The van der Waals surface area contributed by atoms with E-state index in [0.29, 0.717) is 50.6 Å². The van der Waals surface area contributed by atoms with E-state index in [0.717, 1.165) is 58.2 Å². The first-order chi connectivity index (χ1) is 24.7. The average Bonchev–Trinajstić information content (AvgIpc) is 3.94. The Hall–Kier alpha value is -5.93. The van der Waals surface area contributed by atoms with Crippen LogP contribution in [0.3, 0.4) is 0 Å². The summed E-state index contributed by atoms with van der Waals surface area (Å²) in [6, 6.07) is 19.4. The minimum absolute atomic E-state index is 0.0787. The molecule has 2 fully saturated rings. The lowest BCUT2D eigenvalue weighted by Crippen LogP contribution is -2.43. The number of terminal acetylenes is 1. The zero-order valence-corrected chi connectivity index (χ0v) is 28.5. The summed E-state index contributed by atoms with van der Waals surface area (Å²) in [6.07, 6.45) is 9.95. The molecule has 0 unspecified atom stereocenters. The molecule has 2 saturated heterocycles. The molecule has 0 aliphatic carbocycles. The van der Waals surface area contributed by atoms with Crippen LogP contribution in [0.15, 0.2) is 76.0 Å². The second-order valence-electron chi connectivity index (χ2n) is 13.5. The van der Waals surface area contributed by atoms with Crippen LogP contribution >= 0.6 is 0 Å². The van der Waals surface area contributed by atoms with Crippen molar-refractivity contribution in [3.8, 4) is 40.8 Å². The molecule has 258 valence electrons. The van der Waals surface area contributed by atoms with E-state index < -0.39 is 11.2 Å². The molecule has 1 N–H and O–H groups in total. The first-order valence-electron chi connectivity index (χ1n) is 17.0. The Kier molecular flexibility index (Phi) is 8.07. The summed E-state index contributed by atoms with van der Waals surface area (Å²) in [5.74, 6) is 3.22. The fraction of sp³-hybridized carbons (Fsp3) is 0.308. The van der Waals surface area contributed by atoms with Crippen LogP contribution < -0.4 is 15.4 Å². The molecule has 5 heterocycles. The molecule has 0 radical (unpaired) electrons. The number of amides is 2. The van der Waals surface area contributed by atoms with Gasteiger partial charge in [-0.05, 0) is 79.4 Å². The smallest absolute Gasteiger partial charge is 0.437 e. The van der Waals surface area contributed by atoms with E-state index in [-0.39, 0.29) is 17.7 Å². The third-order valence-electron chi connectivity index (χ3n) is 10.5. The van der Waals surface area contributed by atoms with Gasteiger partial charge in [0.2, 0.25) is 17.7 Å². The number of aryl methyl sites for hydroxylation is 1. The molecule has 0 saturated carbocycles. The molecule has 0 bridgehead atoms. The summed E-state index contributed by atoms with van der Waals surface area (Å²) >= 11 is 0. The monoisotopic (exact) mass is 683 g/mol. The Morgan fingerprint density at radius 3 is 2.53 bits per heavy atom. The number of fused-ring (bicyclic) bond motifs is 1. The summed E-state index contributed by atoms with van der Waals surface area (Å²) in [4.78, 5) is 45.0. The topological polar surface area (TPSA) is 130 Å². The maximum atomic E-state index is 14.0. The lowest BCUT2D eigenvalue weighted by Gasteiger charge is -2.29. The van der Waals surface area contributed by atoms with Gasteiger partial charge >= 0.3 is 5.76 Å². The number of likely N-dealkylation sites (tertiary alicyclic amines) is 1. The Morgan fingerprint density at radius 2 is 1.80 bits per heavy atom. The minimum atomic E-state index is -0.501. The molecule has 2 aromatic heterocycles. The van der Waals surface area contributed by atoms with Gasteiger partial charge in [0, 0.05) is 55.4 Å². The molecule has 3 aliphatic heterocycles. The van der Waals surface area contributed by atoms with Gasteiger partial charge in [0.25, 0.3) is 0 Å². The van der Waals surface area contributed by atoms with Gasteiger partial charge in [0.1, 0.15) is 11.4 Å². The van der Waals surface area contributed by atoms with Gasteiger partial charge in [-0.25, -0.2) is 4.79 Å². The Labute approximate surface area is 294 Å². The van der Waals surface area contributed by atoms with Crippen molar-refractivity contribution < 1.29 is 18.7 Å². The molecule has 12 nitrogen and oxygen atoms in total. The Balaban J connectivity index is 0.901. The normalized spacial score (nSPS) is 19.2. The SMILES string of the molecule is C#Cc1ccc(-c2n[nH]c3ccc(N4CC[C@]5(CCN(CC(=O)N6CC=C(c7ccc(-c8nn(C)c(=O)o8)cc7)CC6)C5)C4=O)cc23)cc1OC. The van der Waals surface area contributed by atoms with Crippen molar-refractivity contribution in [2.75, 3.05) is 51.3 Å². The molecule has 51 heavy (non-hydrogen) atoms. The van der Waals surface area contributed by atoms with Crippen LogP contribution in [0.1, 0.15) is 30.4 Å². The van der Waals surface area contributed by atoms with Gasteiger partial charge in [-0.3, -0.25) is 19.6 Å². The molecule has 3 aliphatic rings. The Morgan fingerprint density at radius 1 is 1.02 bits per heavy atom. The number of benzene rings is 3. The molecular weight excluding hydrogens is 646 g/mol. The number of hydrogen-bond donors (Lipinski definition) is 1. The second kappa shape index (κ2) is 12.8. The first kappa shape index (κ1) is 32.3. The molecule has 8 rings (SSSR count). The molecular formula is C39H37N7O5. The molecule has 2 amide bonds. The number of rotatable bonds is 7. The van der Waals surface area contributed by atoms with Crippen molar-refractivity contribution in [1.29, 1.82) is 0 Å². The molecule has 1 spiro atoms. The minimum Gasteiger partial charge on any atom is -0.495 e. The summed E-state index contributed by atoms with van der Waals surface area (Å²) in [5, 5.41) is 12.7. The van der Waals surface area contributed by atoms with Gasteiger partial charge in [0.05, 0.1) is 30.1 Å². The number of aromatic nitrogens is 4. The number of ether oxygens (including phenoxy) is 1. The van der Waals surface area contributed by atoms with Gasteiger partial charge in [0.15, 0.2) is 0 Å². The van der Waals surface area contributed by atoms with Crippen molar-refractivity contribution in [3.05, 3.63) is 88.4 Å². The quantitative estimate of drug-likeness (QED) is 0.251. The van der Waals surface area contributed by atoms with E-state index in [1.807, 2.05) is 70.5 Å². The first-order valence-corrected chi connectivity index (χ1v) is 17.0. The van der Waals surface area contributed by atoms with Gasteiger partial charge in [-0.15, -0.1) is 11.5 Å². The van der Waals surface area contributed by atoms with Gasteiger partial charge in [-0.1, -0.05) is 30.2 Å². The van der Waals surface area contributed by atoms with Gasteiger partial charge < -0.3 is 19.0 Å². The second-order valence-corrected chi connectivity index (χ2v) is 13.5.